The molecule has 10 rings (SSSR count). The first-order chi connectivity index (χ1) is 24.3. The number of anilines is 3. The summed E-state index contributed by atoms with van der Waals surface area (Å²) in [5, 5.41) is 7.23. The first-order valence-corrected chi connectivity index (χ1v) is 16.7. The number of hydrogen-bond acceptors (Lipinski definition) is 2. The Hall–Kier alpha value is -6.58. The molecule has 0 aliphatic heterocycles. The molecule has 0 aliphatic carbocycles. The van der Waals surface area contributed by atoms with Crippen LogP contribution < -0.4 is 4.90 Å². The van der Waals surface area contributed by atoms with Gasteiger partial charge in [0.25, 0.3) is 0 Å². The van der Waals surface area contributed by atoms with Crippen LogP contribution in [0.15, 0.2) is 186 Å². The third-order valence-corrected chi connectivity index (χ3v) is 9.80. The number of benzene rings is 8. The van der Waals surface area contributed by atoms with Gasteiger partial charge in [0.1, 0.15) is 5.58 Å². The van der Waals surface area contributed by atoms with Crippen molar-refractivity contribution in [3.63, 3.8) is 0 Å². The molecule has 0 radical (unpaired) electrons. The zero-order valence-electron chi connectivity index (χ0n) is 26.6. The molecule has 0 unspecified atom stereocenters. The van der Waals surface area contributed by atoms with Gasteiger partial charge in [0.15, 0.2) is 5.58 Å². The van der Waals surface area contributed by atoms with E-state index in [4.69, 9.17) is 4.42 Å². The predicted octanol–water partition coefficient (Wildman–Crippen LogP) is 13.0. The molecule has 0 spiro atoms. The third kappa shape index (κ3) is 4.37. The summed E-state index contributed by atoms with van der Waals surface area (Å²) in [5.74, 6) is 0. The summed E-state index contributed by atoms with van der Waals surface area (Å²) in [6.45, 7) is 0. The molecule has 0 fully saturated rings. The topological polar surface area (TPSA) is 21.3 Å². The zero-order valence-corrected chi connectivity index (χ0v) is 26.6. The molecule has 8 aromatic carbocycles. The molecule has 3 nitrogen and oxygen atoms in total. The summed E-state index contributed by atoms with van der Waals surface area (Å²) < 4.78 is 8.94. The van der Waals surface area contributed by atoms with Crippen LogP contribution in [0.25, 0.3) is 71.3 Å². The van der Waals surface area contributed by atoms with Crippen molar-refractivity contribution in [2.45, 2.75) is 0 Å². The van der Waals surface area contributed by atoms with Crippen LogP contribution in [0.3, 0.4) is 0 Å². The molecule has 10 aromatic rings. The monoisotopic (exact) mass is 626 g/mol. The first kappa shape index (κ1) is 27.5. The van der Waals surface area contributed by atoms with E-state index in [1.165, 1.54) is 43.7 Å². The van der Waals surface area contributed by atoms with Gasteiger partial charge in [-0.2, -0.15) is 0 Å². The number of para-hydroxylation sites is 4. The fourth-order valence-corrected chi connectivity index (χ4v) is 7.55. The van der Waals surface area contributed by atoms with E-state index in [-0.39, 0.29) is 0 Å². The van der Waals surface area contributed by atoms with Gasteiger partial charge < -0.3 is 13.9 Å². The maximum absolute atomic E-state index is 6.58. The third-order valence-electron chi connectivity index (χ3n) is 9.80. The summed E-state index contributed by atoms with van der Waals surface area (Å²) >= 11 is 0. The van der Waals surface area contributed by atoms with Gasteiger partial charge in [0.2, 0.25) is 0 Å². The highest BCUT2D eigenvalue weighted by Gasteiger charge is 2.20. The fraction of sp³-hybridized carbons (Fsp3) is 0. The fourth-order valence-electron chi connectivity index (χ4n) is 7.55. The van der Waals surface area contributed by atoms with Crippen LogP contribution >= 0.6 is 0 Å². The Labute approximate surface area is 283 Å². The molecule has 0 N–H and O–H groups in total. The van der Waals surface area contributed by atoms with Crippen molar-refractivity contribution in [1.82, 2.24) is 4.57 Å². The molecule has 49 heavy (non-hydrogen) atoms. The lowest BCUT2D eigenvalue weighted by Crippen LogP contribution is -2.10. The normalized spacial score (nSPS) is 11.7. The summed E-state index contributed by atoms with van der Waals surface area (Å²) in [6, 6.07) is 64.9. The van der Waals surface area contributed by atoms with Crippen LogP contribution in [0.4, 0.5) is 17.1 Å². The predicted molar refractivity (Wildman–Crippen MR) is 206 cm³/mol. The molecule has 230 valence electrons. The quantitative estimate of drug-likeness (QED) is 0.190. The van der Waals surface area contributed by atoms with Gasteiger partial charge >= 0.3 is 0 Å². The second-order valence-electron chi connectivity index (χ2n) is 12.5. The van der Waals surface area contributed by atoms with Crippen molar-refractivity contribution in [3.8, 4) is 16.8 Å². The maximum atomic E-state index is 6.58. The number of furan rings is 1. The molecule has 0 bridgehead atoms. The van der Waals surface area contributed by atoms with E-state index in [9.17, 15) is 0 Å². The molecule has 0 atom stereocenters. The summed E-state index contributed by atoms with van der Waals surface area (Å²) in [6.07, 6.45) is 0. The highest BCUT2D eigenvalue weighted by molar-refractivity contribution is 6.11. The molecule has 2 aromatic heterocycles. The van der Waals surface area contributed by atoms with Gasteiger partial charge in [-0.05, 0) is 82.6 Å². The molecule has 3 heteroatoms. The van der Waals surface area contributed by atoms with Gasteiger partial charge in [-0.15, -0.1) is 0 Å². The van der Waals surface area contributed by atoms with Crippen LogP contribution in [0.1, 0.15) is 0 Å². The highest BCUT2D eigenvalue weighted by Crippen LogP contribution is 2.43. The molecule has 0 saturated carbocycles. The molecular formula is C46H30N2O. The van der Waals surface area contributed by atoms with Crippen LogP contribution in [0.2, 0.25) is 0 Å². The minimum absolute atomic E-state index is 0.869. The second kappa shape index (κ2) is 11.0. The number of nitrogens with zero attached hydrogens (tertiary/aromatic N) is 2. The first-order valence-electron chi connectivity index (χ1n) is 16.7. The number of aromatic nitrogens is 1. The molecule has 0 amide bonds. The number of fused-ring (bicyclic) bond motifs is 7. The van der Waals surface area contributed by atoms with Crippen LogP contribution in [-0.2, 0) is 0 Å². The van der Waals surface area contributed by atoms with Gasteiger partial charge in [0, 0.05) is 38.6 Å². The summed E-state index contributed by atoms with van der Waals surface area (Å²) in [7, 11) is 0. The Morgan fingerprint density at radius 2 is 0.959 bits per heavy atom. The lowest BCUT2D eigenvalue weighted by molar-refractivity contribution is 0.669. The zero-order chi connectivity index (χ0) is 32.3. The van der Waals surface area contributed by atoms with E-state index in [1.807, 2.05) is 12.1 Å². The lowest BCUT2D eigenvalue weighted by atomic mass is 9.98. The van der Waals surface area contributed by atoms with Gasteiger partial charge in [0.05, 0.1) is 16.7 Å². The standard InChI is InChI=1S/C46H30N2O/c1-2-13-36-31(11-1)12-9-17-37(36)32-23-25-33(26-24-32)47(44-21-10-18-41-40-16-5-8-22-45(40)49-46(41)44)34-27-29-35(30-28-34)48-42-19-6-3-14-38(42)39-15-4-7-20-43(39)48/h1-30H. The van der Waals surface area contributed by atoms with Gasteiger partial charge in [-0.3, -0.25) is 0 Å². The Kier molecular flexibility index (Phi) is 6.18. The van der Waals surface area contributed by atoms with Crippen molar-refractivity contribution in [2.75, 3.05) is 4.90 Å². The van der Waals surface area contributed by atoms with Crippen LogP contribution in [0.5, 0.6) is 0 Å². The van der Waals surface area contributed by atoms with Crippen LogP contribution in [-0.4, -0.2) is 4.57 Å². The highest BCUT2D eigenvalue weighted by atomic mass is 16.3. The van der Waals surface area contributed by atoms with E-state index < -0.39 is 0 Å². The van der Waals surface area contributed by atoms with Crippen molar-refractivity contribution in [2.24, 2.45) is 0 Å². The lowest BCUT2D eigenvalue weighted by Gasteiger charge is -2.26. The summed E-state index contributed by atoms with van der Waals surface area (Å²) in [5.41, 5.74) is 10.8. The average molecular weight is 627 g/mol. The molecule has 2 heterocycles. The van der Waals surface area contributed by atoms with E-state index in [0.717, 1.165) is 44.7 Å². The molecule has 0 saturated heterocycles. The summed E-state index contributed by atoms with van der Waals surface area (Å²) in [4.78, 5) is 2.31. The maximum Gasteiger partial charge on any atom is 0.159 e. The Morgan fingerprint density at radius 3 is 1.69 bits per heavy atom. The SMILES string of the molecule is c1ccc2c(-c3ccc(N(c4ccc(-n5c6ccccc6c6ccccc65)cc4)c4cccc5c4oc4ccccc45)cc3)cccc2c1. The van der Waals surface area contributed by atoms with Crippen molar-refractivity contribution in [1.29, 1.82) is 0 Å². The Bertz CT molecular complexity index is 2760. The Balaban J connectivity index is 1.14. The van der Waals surface area contributed by atoms with Crippen LogP contribution in [0, 0.1) is 0 Å². The average Bonchev–Trinajstić information content (AvgIpc) is 3.72. The smallest absolute Gasteiger partial charge is 0.159 e. The van der Waals surface area contributed by atoms with Crippen molar-refractivity contribution >= 4 is 71.6 Å². The minimum Gasteiger partial charge on any atom is -0.454 e. The number of rotatable bonds is 5. The van der Waals surface area contributed by atoms with Crippen molar-refractivity contribution in [3.05, 3.63) is 182 Å². The number of hydrogen-bond donors (Lipinski definition) is 0. The largest absolute Gasteiger partial charge is 0.454 e. The van der Waals surface area contributed by atoms with E-state index in [1.54, 1.807) is 0 Å². The minimum atomic E-state index is 0.869. The second-order valence-corrected chi connectivity index (χ2v) is 12.5. The van der Waals surface area contributed by atoms with E-state index in [2.05, 4.69) is 179 Å². The van der Waals surface area contributed by atoms with E-state index in [0.29, 0.717) is 0 Å². The van der Waals surface area contributed by atoms with E-state index >= 15 is 0 Å². The van der Waals surface area contributed by atoms with Gasteiger partial charge in [-0.1, -0.05) is 121 Å². The molecule has 0 aliphatic rings. The van der Waals surface area contributed by atoms with Gasteiger partial charge in [-0.25, -0.2) is 0 Å². The molecular weight excluding hydrogens is 597 g/mol. The van der Waals surface area contributed by atoms with Crippen molar-refractivity contribution < 1.29 is 4.42 Å². The Morgan fingerprint density at radius 1 is 0.408 bits per heavy atom.